The maximum absolute atomic E-state index is 2.79. The van der Waals surface area contributed by atoms with Crippen LogP contribution in [0.2, 0.25) is 0 Å². The summed E-state index contributed by atoms with van der Waals surface area (Å²) in [5.74, 6) is 0. The van der Waals surface area contributed by atoms with Crippen LogP contribution in [0.1, 0.15) is 242 Å². The highest BCUT2D eigenvalue weighted by Gasteiger charge is 2.51. The van der Waals surface area contributed by atoms with Crippen molar-refractivity contribution in [2.45, 2.75) is 219 Å². The Balaban J connectivity index is 1.04. The number of hydrogen-bond donors (Lipinski definition) is 0. The van der Waals surface area contributed by atoms with Crippen LogP contribution < -0.4 is 0 Å². The number of rotatable bonds is 19. The van der Waals surface area contributed by atoms with Crippen LogP contribution in [0.25, 0.3) is 98.7 Å². The second kappa shape index (κ2) is 26.1. The quantitative estimate of drug-likeness (QED) is 0.0559. The minimum Gasteiger partial charge on any atom is -0.0654 e. The van der Waals surface area contributed by atoms with Gasteiger partial charge in [0.1, 0.15) is 0 Å². The Labute approximate surface area is 588 Å². The minimum absolute atomic E-state index is 0.0156. The molecule has 14 rings (SSSR count). The van der Waals surface area contributed by atoms with Gasteiger partial charge in [0.15, 0.2) is 0 Å². The molecule has 0 atom stereocenters. The second-order valence-corrected chi connectivity index (χ2v) is 33.9. The highest BCUT2D eigenvalue weighted by Crippen LogP contribution is 2.63. The Morgan fingerprint density at radius 2 is 0.622 bits per heavy atom. The summed E-state index contributed by atoms with van der Waals surface area (Å²) in [6.07, 6.45) is 17.6. The topological polar surface area (TPSA) is 0 Å². The minimum atomic E-state index is -0.574. The monoisotopic (exact) mass is 1280 g/mol. The van der Waals surface area contributed by atoms with Crippen molar-refractivity contribution in [3.8, 4) is 55.6 Å². The van der Waals surface area contributed by atoms with Crippen molar-refractivity contribution in [1.82, 2.24) is 0 Å². The molecule has 498 valence electrons. The normalized spacial score (nSPS) is 14.1. The first-order valence-corrected chi connectivity index (χ1v) is 37.8. The van der Waals surface area contributed by atoms with Gasteiger partial charge in [0.2, 0.25) is 0 Å². The lowest BCUT2D eigenvalue weighted by atomic mass is 9.65. The Morgan fingerprint density at radius 3 is 1.14 bits per heavy atom. The van der Waals surface area contributed by atoms with E-state index in [0.29, 0.717) is 0 Å². The summed E-state index contributed by atoms with van der Waals surface area (Å²) < 4.78 is 0. The SMILES string of the molecule is CCCCCCCCC1(CCCCCCCC)c2cc(-c3ccc4c(-c5ccc6ccccc6c5)c5cc(C(C)(C)C)ccc5c(-c5ccc6ccccc6c5)c4c3)ccc2-c2cc3c(cc21)-c1ccc(C(C)(C)C)cc1C3(c1ccc(C(C)(C)C)cc1)c1ccc(C(C)(C)C)cc1. The smallest absolute Gasteiger partial charge is 0.0654 e. The van der Waals surface area contributed by atoms with E-state index >= 15 is 0 Å². The lowest BCUT2D eigenvalue weighted by molar-refractivity contribution is 0.398. The summed E-state index contributed by atoms with van der Waals surface area (Å²) in [5, 5.41) is 10.2. The molecule has 0 unspecified atom stereocenters. The first kappa shape index (κ1) is 66.9. The lowest BCUT2D eigenvalue weighted by Crippen LogP contribution is -2.30. The van der Waals surface area contributed by atoms with Crippen LogP contribution in [0.15, 0.2) is 218 Å². The maximum Gasteiger partial charge on any atom is 0.0713 e. The van der Waals surface area contributed by atoms with Gasteiger partial charge in [-0.3, -0.25) is 0 Å². The molecule has 0 heterocycles. The van der Waals surface area contributed by atoms with E-state index in [2.05, 4.69) is 315 Å². The molecule has 0 N–H and O–H groups in total. The van der Waals surface area contributed by atoms with Crippen LogP contribution in [0.5, 0.6) is 0 Å². The van der Waals surface area contributed by atoms with Crippen molar-refractivity contribution >= 4 is 43.1 Å². The van der Waals surface area contributed by atoms with E-state index < -0.39 is 5.41 Å². The van der Waals surface area contributed by atoms with Crippen molar-refractivity contribution in [3.63, 3.8) is 0 Å². The van der Waals surface area contributed by atoms with E-state index in [4.69, 9.17) is 0 Å². The Kier molecular flexibility index (Phi) is 17.8. The molecular formula is C98H106. The molecule has 2 aliphatic carbocycles. The van der Waals surface area contributed by atoms with Gasteiger partial charge >= 0.3 is 0 Å². The van der Waals surface area contributed by atoms with Gasteiger partial charge in [-0.25, -0.2) is 0 Å². The number of benzene rings is 12. The Morgan fingerprint density at radius 1 is 0.255 bits per heavy atom. The van der Waals surface area contributed by atoms with Crippen molar-refractivity contribution < 1.29 is 0 Å². The molecule has 0 aliphatic heterocycles. The molecule has 0 aromatic heterocycles. The molecule has 0 heteroatoms. The van der Waals surface area contributed by atoms with Gasteiger partial charge in [0.25, 0.3) is 0 Å². The van der Waals surface area contributed by atoms with E-state index in [1.807, 2.05) is 0 Å². The van der Waals surface area contributed by atoms with E-state index in [9.17, 15) is 0 Å². The van der Waals surface area contributed by atoms with Gasteiger partial charge in [0.05, 0.1) is 5.41 Å². The predicted molar refractivity (Wildman–Crippen MR) is 427 cm³/mol. The molecule has 0 nitrogen and oxygen atoms in total. The van der Waals surface area contributed by atoms with Crippen molar-refractivity contribution in [3.05, 3.63) is 274 Å². The third kappa shape index (κ3) is 12.1. The summed E-state index contributed by atoms with van der Waals surface area (Å²) in [4.78, 5) is 0. The van der Waals surface area contributed by atoms with E-state index in [1.165, 1.54) is 226 Å². The van der Waals surface area contributed by atoms with Gasteiger partial charge in [-0.2, -0.15) is 0 Å². The highest BCUT2D eigenvalue weighted by molar-refractivity contribution is 6.23. The number of fused-ring (bicyclic) bond motifs is 10. The second-order valence-electron chi connectivity index (χ2n) is 33.9. The van der Waals surface area contributed by atoms with E-state index in [0.717, 1.165) is 12.8 Å². The van der Waals surface area contributed by atoms with Gasteiger partial charge in [0, 0.05) is 5.41 Å². The molecule has 12 aromatic rings. The van der Waals surface area contributed by atoms with Gasteiger partial charge < -0.3 is 0 Å². The third-order valence-electron chi connectivity index (χ3n) is 23.2. The molecule has 98 heavy (non-hydrogen) atoms. The average molecular weight is 1280 g/mol. The predicted octanol–water partition coefficient (Wildman–Crippen LogP) is 28.6. The fourth-order valence-corrected chi connectivity index (χ4v) is 17.4. The number of unbranched alkanes of at least 4 members (excludes halogenated alkanes) is 10. The van der Waals surface area contributed by atoms with Crippen LogP contribution in [-0.2, 0) is 32.5 Å². The maximum atomic E-state index is 2.79. The van der Waals surface area contributed by atoms with E-state index in [-0.39, 0.29) is 27.1 Å². The third-order valence-corrected chi connectivity index (χ3v) is 23.2. The Bertz CT molecular complexity index is 4880. The zero-order valence-electron chi connectivity index (χ0n) is 61.7. The van der Waals surface area contributed by atoms with Gasteiger partial charge in [-0.1, -0.05) is 350 Å². The molecule has 0 spiro atoms. The van der Waals surface area contributed by atoms with Crippen LogP contribution in [0.3, 0.4) is 0 Å². The molecule has 2 aliphatic rings. The molecule has 0 bridgehead atoms. The average Bonchev–Trinajstić information content (AvgIpc) is 1.50. The van der Waals surface area contributed by atoms with Gasteiger partial charge in [-0.05, 0) is 231 Å². The first-order chi connectivity index (χ1) is 47.0. The molecule has 0 saturated heterocycles. The van der Waals surface area contributed by atoms with E-state index in [1.54, 1.807) is 5.56 Å². The summed E-state index contributed by atoms with van der Waals surface area (Å²) in [7, 11) is 0. The van der Waals surface area contributed by atoms with Crippen LogP contribution in [-0.4, -0.2) is 0 Å². The largest absolute Gasteiger partial charge is 0.0713 e. The standard InChI is InChI=1S/C98H106/c1-15-17-19-21-23-29-55-97(56-30-24-22-20-18-16-2)87-60-70(69-40-52-81-85(59-69)91(71-37-35-65-31-25-27-33-67(65)57-71)82-54-50-77(95(9,10)11)61-86(82)92(81)72-38-36-66-32-26-28-34-68(66)58-72)39-51-79(87)83-64-90-84(63-88(83)97)80-53-49-78(96(12,13)14)62-89(80)98(90,75-45-41-73(42-46-75)93(3,4)5)76-47-43-74(44-48-76)94(6,7)8/h25-28,31-54,57-64H,15-24,29-30,55-56H2,1-14H3. The lowest BCUT2D eigenvalue weighted by Gasteiger charge is -2.36. The van der Waals surface area contributed by atoms with Crippen molar-refractivity contribution in [2.24, 2.45) is 0 Å². The molecule has 0 saturated carbocycles. The van der Waals surface area contributed by atoms with Crippen LogP contribution >= 0.6 is 0 Å². The zero-order chi connectivity index (χ0) is 68.5. The van der Waals surface area contributed by atoms with Crippen molar-refractivity contribution in [1.29, 1.82) is 0 Å². The Hall–Kier alpha value is -8.32. The van der Waals surface area contributed by atoms with Crippen molar-refractivity contribution in [2.75, 3.05) is 0 Å². The fraction of sp³-hybridized carbons (Fsp3) is 0.347. The fourth-order valence-electron chi connectivity index (χ4n) is 17.4. The van der Waals surface area contributed by atoms with Crippen LogP contribution in [0.4, 0.5) is 0 Å². The summed E-state index contributed by atoms with van der Waals surface area (Å²) >= 11 is 0. The molecular weight excluding hydrogens is 1180 g/mol. The van der Waals surface area contributed by atoms with Gasteiger partial charge in [-0.15, -0.1) is 0 Å². The summed E-state index contributed by atoms with van der Waals surface area (Å²) in [5.41, 5.74) is 26.5. The summed E-state index contributed by atoms with van der Waals surface area (Å²) in [6.45, 7) is 33.1. The first-order valence-electron chi connectivity index (χ1n) is 37.8. The van der Waals surface area contributed by atoms with Crippen LogP contribution in [0, 0.1) is 0 Å². The molecule has 12 aromatic carbocycles. The zero-order valence-corrected chi connectivity index (χ0v) is 61.7. The highest BCUT2D eigenvalue weighted by atomic mass is 14.5. The number of hydrogen-bond acceptors (Lipinski definition) is 0. The summed E-state index contributed by atoms with van der Waals surface area (Å²) in [6, 6.07) is 87.8. The molecule has 0 radical (unpaired) electrons. The molecule has 0 amide bonds. The molecule has 0 fully saturated rings.